The zero-order chi connectivity index (χ0) is 8.97. The van der Waals surface area contributed by atoms with E-state index in [-0.39, 0.29) is 12.1 Å². The van der Waals surface area contributed by atoms with Gasteiger partial charge in [-0.1, -0.05) is 0 Å². The largest absolute Gasteiger partial charge is 0.460 e. The average molecular weight is 170 g/mol. The van der Waals surface area contributed by atoms with Gasteiger partial charge in [0, 0.05) is 12.7 Å². The quantitative estimate of drug-likeness (QED) is 0.571. The van der Waals surface area contributed by atoms with Gasteiger partial charge in [0.25, 0.3) is 0 Å². The van der Waals surface area contributed by atoms with Crippen molar-refractivity contribution in [1.29, 1.82) is 0 Å². The summed E-state index contributed by atoms with van der Waals surface area (Å²) in [6.07, 6.45) is 1.64. The number of esters is 1. The molecule has 1 heterocycles. The molecule has 12 heavy (non-hydrogen) atoms. The van der Waals surface area contributed by atoms with Crippen molar-refractivity contribution < 1.29 is 9.53 Å². The van der Waals surface area contributed by atoms with Crippen LogP contribution in [-0.4, -0.2) is 25.3 Å². The Bertz CT molecular complexity index is 199. The van der Waals surface area contributed by atoms with Gasteiger partial charge in [0.15, 0.2) is 0 Å². The Kier molecular flexibility index (Phi) is 3.10. The lowest BCUT2D eigenvalue weighted by Crippen LogP contribution is -2.35. The van der Waals surface area contributed by atoms with E-state index >= 15 is 0 Å². The summed E-state index contributed by atoms with van der Waals surface area (Å²) in [7, 11) is 0. The highest BCUT2D eigenvalue weighted by Gasteiger charge is 2.13. The minimum absolute atomic E-state index is 0.0553. The van der Waals surface area contributed by atoms with Crippen LogP contribution in [0, 0.1) is 0 Å². The van der Waals surface area contributed by atoms with Gasteiger partial charge in [0.1, 0.15) is 0 Å². The van der Waals surface area contributed by atoms with Crippen LogP contribution in [0.5, 0.6) is 0 Å². The van der Waals surface area contributed by atoms with Crippen molar-refractivity contribution in [2.24, 2.45) is 0 Å². The van der Waals surface area contributed by atoms with E-state index in [2.05, 4.69) is 10.6 Å². The van der Waals surface area contributed by atoms with Gasteiger partial charge in [-0.2, -0.15) is 0 Å². The minimum Gasteiger partial charge on any atom is -0.460 e. The molecular formula is C8H14N2O2. The van der Waals surface area contributed by atoms with E-state index < -0.39 is 0 Å². The van der Waals surface area contributed by atoms with E-state index in [0.717, 1.165) is 0 Å². The second-order valence-corrected chi connectivity index (χ2v) is 2.93. The van der Waals surface area contributed by atoms with Gasteiger partial charge in [-0.25, -0.2) is 4.79 Å². The molecule has 1 rings (SSSR count). The smallest absolute Gasteiger partial charge is 0.337 e. The third-order valence-corrected chi connectivity index (χ3v) is 1.42. The number of ether oxygens (including phenoxy) is 1. The number of rotatable bonds is 2. The van der Waals surface area contributed by atoms with Crippen molar-refractivity contribution >= 4 is 5.97 Å². The molecule has 0 spiro atoms. The highest BCUT2D eigenvalue weighted by molar-refractivity contribution is 5.89. The molecule has 0 bridgehead atoms. The predicted octanol–water partition coefficient (Wildman–Crippen LogP) is -0.0278. The molecule has 0 aliphatic carbocycles. The maximum absolute atomic E-state index is 11.2. The standard InChI is InChI=1S/C8H14N2O2/c1-6(2)12-8(11)7-3-9-5-10-4-7/h3,6,9-10H,4-5H2,1-2H3. The fourth-order valence-electron chi connectivity index (χ4n) is 0.915. The van der Waals surface area contributed by atoms with Crippen LogP contribution in [0.1, 0.15) is 13.8 Å². The summed E-state index contributed by atoms with van der Waals surface area (Å²) in [6, 6.07) is 0. The molecular weight excluding hydrogens is 156 g/mol. The molecule has 0 atom stereocenters. The lowest BCUT2D eigenvalue weighted by atomic mass is 10.2. The first kappa shape index (κ1) is 9.06. The van der Waals surface area contributed by atoms with Crippen LogP contribution in [0.2, 0.25) is 0 Å². The van der Waals surface area contributed by atoms with Crippen LogP contribution in [0.4, 0.5) is 0 Å². The van der Waals surface area contributed by atoms with Gasteiger partial charge in [-0.15, -0.1) is 0 Å². The first-order valence-electron chi connectivity index (χ1n) is 4.04. The van der Waals surface area contributed by atoms with Gasteiger partial charge in [0.2, 0.25) is 0 Å². The van der Waals surface area contributed by atoms with E-state index in [1.807, 2.05) is 13.8 Å². The summed E-state index contributed by atoms with van der Waals surface area (Å²) in [6.45, 7) is 4.96. The third-order valence-electron chi connectivity index (χ3n) is 1.42. The summed E-state index contributed by atoms with van der Waals surface area (Å²) >= 11 is 0. The Hall–Kier alpha value is -1.03. The average Bonchev–Trinajstić information content (AvgIpc) is 2.05. The van der Waals surface area contributed by atoms with E-state index in [1.165, 1.54) is 0 Å². The van der Waals surface area contributed by atoms with Crippen molar-refractivity contribution in [2.75, 3.05) is 13.2 Å². The molecule has 0 fully saturated rings. The van der Waals surface area contributed by atoms with Crippen molar-refractivity contribution in [3.05, 3.63) is 11.8 Å². The summed E-state index contributed by atoms with van der Waals surface area (Å²) in [5.74, 6) is -0.246. The molecule has 0 radical (unpaired) electrons. The van der Waals surface area contributed by atoms with Gasteiger partial charge in [-0.3, -0.25) is 5.32 Å². The van der Waals surface area contributed by atoms with Crippen LogP contribution in [0.25, 0.3) is 0 Å². The zero-order valence-corrected chi connectivity index (χ0v) is 7.39. The Balaban J connectivity index is 2.45. The van der Waals surface area contributed by atoms with Crippen LogP contribution < -0.4 is 10.6 Å². The molecule has 0 aromatic heterocycles. The molecule has 0 saturated carbocycles. The van der Waals surface area contributed by atoms with Crippen LogP contribution in [0.3, 0.4) is 0 Å². The summed E-state index contributed by atoms with van der Waals surface area (Å²) in [4.78, 5) is 11.2. The highest BCUT2D eigenvalue weighted by Crippen LogP contribution is 2.00. The molecule has 0 aromatic carbocycles. The first-order valence-corrected chi connectivity index (χ1v) is 4.04. The topological polar surface area (TPSA) is 50.4 Å². The molecule has 0 aromatic rings. The molecule has 4 heteroatoms. The normalized spacial score (nSPS) is 16.8. The molecule has 2 N–H and O–H groups in total. The second kappa shape index (κ2) is 4.11. The maximum atomic E-state index is 11.2. The number of hydrogen-bond donors (Lipinski definition) is 2. The van der Waals surface area contributed by atoms with E-state index in [1.54, 1.807) is 6.20 Å². The minimum atomic E-state index is -0.246. The fraction of sp³-hybridized carbons (Fsp3) is 0.625. The van der Waals surface area contributed by atoms with Gasteiger partial charge < -0.3 is 10.1 Å². The summed E-state index contributed by atoms with van der Waals surface area (Å²) in [5, 5.41) is 5.92. The Morgan fingerprint density at radius 2 is 2.42 bits per heavy atom. The van der Waals surface area contributed by atoms with Crippen LogP contribution in [-0.2, 0) is 9.53 Å². The lowest BCUT2D eigenvalue weighted by Gasteiger charge is -2.15. The van der Waals surface area contributed by atoms with Gasteiger partial charge >= 0.3 is 5.97 Å². The van der Waals surface area contributed by atoms with Crippen molar-refractivity contribution in [3.8, 4) is 0 Å². The molecule has 4 nitrogen and oxygen atoms in total. The zero-order valence-electron chi connectivity index (χ0n) is 7.39. The maximum Gasteiger partial charge on any atom is 0.337 e. The van der Waals surface area contributed by atoms with E-state index in [9.17, 15) is 4.79 Å². The molecule has 0 unspecified atom stereocenters. The van der Waals surface area contributed by atoms with Crippen molar-refractivity contribution in [3.63, 3.8) is 0 Å². The Labute approximate surface area is 72.0 Å². The number of carbonyl (C=O) groups is 1. The number of carbonyl (C=O) groups excluding carboxylic acids is 1. The molecule has 1 aliphatic rings. The van der Waals surface area contributed by atoms with Gasteiger partial charge in [-0.05, 0) is 13.8 Å². The fourth-order valence-corrected chi connectivity index (χ4v) is 0.915. The van der Waals surface area contributed by atoms with Crippen molar-refractivity contribution in [1.82, 2.24) is 10.6 Å². The summed E-state index contributed by atoms with van der Waals surface area (Å²) in [5.41, 5.74) is 0.648. The number of nitrogens with one attached hydrogen (secondary N) is 2. The highest BCUT2D eigenvalue weighted by atomic mass is 16.5. The van der Waals surface area contributed by atoms with Crippen molar-refractivity contribution in [2.45, 2.75) is 20.0 Å². The van der Waals surface area contributed by atoms with Gasteiger partial charge in [0.05, 0.1) is 18.3 Å². The van der Waals surface area contributed by atoms with Crippen LogP contribution in [0.15, 0.2) is 11.8 Å². The lowest BCUT2D eigenvalue weighted by molar-refractivity contribution is -0.142. The van der Waals surface area contributed by atoms with Crippen LogP contribution >= 0.6 is 0 Å². The SMILES string of the molecule is CC(C)OC(=O)C1=CNCNC1. The summed E-state index contributed by atoms with van der Waals surface area (Å²) < 4.78 is 5.00. The number of hydrogen-bond acceptors (Lipinski definition) is 4. The monoisotopic (exact) mass is 170 g/mol. The molecule has 0 saturated heterocycles. The Morgan fingerprint density at radius 3 is 2.92 bits per heavy atom. The molecule has 68 valence electrons. The van der Waals surface area contributed by atoms with E-state index in [4.69, 9.17) is 4.74 Å². The first-order chi connectivity index (χ1) is 5.70. The van der Waals surface area contributed by atoms with E-state index in [0.29, 0.717) is 18.8 Å². The predicted molar refractivity (Wildman–Crippen MR) is 45.3 cm³/mol. The Morgan fingerprint density at radius 1 is 1.67 bits per heavy atom. The molecule has 1 aliphatic heterocycles. The molecule has 0 amide bonds. The second-order valence-electron chi connectivity index (χ2n) is 2.93. The third kappa shape index (κ3) is 2.54.